The lowest BCUT2D eigenvalue weighted by Gasteiger charge is -2.34. The molecule has 0 radical (unpaired) electrons. The molecule has 2 amide bonds. The van der Waals surface area contributed by atoms with Crippen LogP contribution in [0.2, 0.25) is 0 Å². The van der Waals surface area contributed by atoms with Gasteiger partial charge in [-0.3, -0.25) is 14.5 Å². The highest BCUT2D eigenvalue weighted by Gasteiger charge is 2.23. The van der Waals surface area contributed by atoms with Crippen LogP contribution in [-0.4, -0.2) is 68.6 Å². The number of piperazine rings is 1. The Labute approximate surface area is 155 Å². The summed E-state index contributed by atoms with van der Waals surface area (Å²) in [6.45, 7) is 7.14. The first kappa shape index (κ1) is 20.0. The van der Waals surface area contributed by atoms with Crippen LogP contribution in [0.1, 0.15) is 20.3 Å². The number of anilines is 1. The van der Waals surface area contributed by atoms with E-state index in [1.807, 2.05) is 18.7 Å². The van der Waals surface area contributed by atoms with E-state index in [1.54, 1.807) is 32.4 Å². The number of amides is 2. The number of methoxy groups -OCH3 is 2. The number of hydrogen-bond donors (Lipinski definition) is 1. The monoisotopic (exact) mass is 363 g/mol. The zero-order valence-electron chi connectivity index (χ0n) is 16.1. The van der Waals surface area contributed by atoms with Crippen LogP contribution in [0.4, 0.5) is 5.69 Å². The number of nitrogens with zero attached hydrogens (tertiary/aromatic N) is 2. The van der Waals surface area contributed by atoms with Crippen LogP contribution < -0.4 is 14.8 Å². The van der Waals surface area contributed by atoms with Crippen molar-refractivity contribution in [3.8, 4) is 11.5 Å². The normalized spacial score (nSPS) is 15.0. The van der Waals surface area contributed by atoms with Crippen molar-refractivity contribution >= 4 is 17.5 Å². The second kappa shape index (κ2) is 9.43. The second-order valence-corrected chi connectivity index (χ2v) is 6.87. The van der Waals surface area contributed by atoms with Crippen molar-refractivity contribution in [3.63, 3.8) is 0 Å². The van der Waals surface area contributed by atoms with Gasteiger partial charge in [-0.2, -0.15) is 0 Å². The van der Waals surface area contributed by atoms with E-state index in [0.717, 1.165) is 0 Å². The SMILES string of the molecule is COc1ccc(NC(=O)CN2CCN(C(=O)CC(C)C)CC2)c(OC)c1. The number of carbonyl (C=O) groups excluding carboxylic acids is 2. The molecule has 144 valence electrons. The van der Waals surface area contributed by atoms with E-state index in [1.165, 1.54) is 0 Å². The molecular formula is C19H29N3O4. The predicted molar refractivity (Wildman–Crippen MR) is 101 cm³/mol. The molecule has 0 spiro atoms. The Morgan fingerprint density at radius 3 is 2.38 bits per heavy atom. The Balaban J connectivity index is 1.83. The molecule has 26 heavy (non-hydrogen) atoms. The summed E-state index contributed by atoms with van der Waals surface area (Å²) in [6.07, 6.45) is 0.581. The maximum atomic E-state index is 12.3. The highest BCUT2D eigenvalue weighted by atomic mass is 16.5. The largest absolute Gasteiger partial charge is 0.497 e. The second-order valence-electron chi connectivity index (χ2n) is 6.87. The molecule has 1 heterocycles. The molecule has 0 aromatic heterocycles. The van der Waals surface area contributed by atoms with E-state index in [9.17, 15) is 9.59 Å². The lowest BCUT2D eigenvalue weighted by molar-refractivity contribution is -0.133. The lowest BCUT2D eigenvalue weighted by Crippen LogP contribution is -2.50. The molecule has 0 bridgehead atoms. The Bertz CT molecular complexity index is 625. The van der Waals surface area contributed by atoms with Crippen molar-refractivity contribution in [2.24, 2.45) is 5.92 Å². The van der Waals surface area contributed by atoms with Crippen LogP contribution in [0.25, 0.3) is 0 Å². The van der Waals surface area contributed by atoms with Crippen LogP contribution in [0, 0.1) is 5.92 Å². The fraction of sp³-hybridized carbons (Fsp3) is 0.579. The first-order valence-electron chi connectivity index (χ1n) is 8.95. The summed E-state index contributed by atoms with van der Waals surface area (Å²) in [5.41, 5.74) is 0.615. The summed E-state index contributed by atoms with van der Waals surface area (Å²) >= 11 is 0. The molecule has 1 saturated heterocycles. The van der Waals surface area contributed by atoms with Crippen molar-refractivity contribution < 1.29 is 19.1 Å². The topological polar surface area (TPSA) is 71.1 Å². The van der Waals surface area contributed by atoms with E-state index in [-0.39, 0.29) is 11.8 Å². The van der Waals surface area contributed by atoms with Crippen molar-refractivity contribution in [2.75, 3.05) is 52.3 Å². The molecule has 1 aromatic rings. The average molecular weight is 363 g/mol. The first-order chi connectivity index (χ1) is 12.4. The molecule has 1 aliphatic rings. The van der Waals surface area contributed by atoms with Gasteiger partial charge in [0.15, 0.2) is 0 Å². The highest BCUT2D eigenvalue weighted by Crippen LogP contribution is 2.28. The number of carbonyl (C=O) groups is 2. The van der Waals surface area contributed by atoms with Gasteiger partial charge in [0.2, 0.25) is 11.8 Å². The molecule has 1 aliphatic heterocycles. The lowest BCUT2D eigenvalue weighted by atomic mass is 10.1. The third-order valence-corrected chi connectivity index (χ3v) is 4.36. The van der Waals surface area contributed by atoms with E-state index in [0.29, 0.717) is 62.2 Å². The zero-order chi connectivity index (χ0) is 19.1. The van der Waals surface area contributed by atoms with Gasteiger partial charge in [-0.15, -0.1) is 0 Å². The van der Waals surface area contributed by atoms with E-state index in [4.69, 9.17) is 9.47 Å². The summed E-state index contributed by atoms with van der Waals surface area (Å²) in [6, 6.07) is 5.27. The third kappa shape index (κ3) is 5.62. The molecule has 0 saturated carbocycles. The van der Waals surface area contributed by atoms with Gasteiger partial charge < -0.3 is 19.7 Å². The molecule has 7 heteroatoms. The summed E-state index contributed by atoms with van der Waals surface area (Å²) in [5.74, 6) is 1.69. The molecular weight excluding hydrogens is 334 g/mol. The number of ether oxygens (including phenoxy) is 2. The molecule has 7 nitrogen and oxygen atoms in total. The fourth-order valence-corrected chi connectivity index (χ4v) is 2.93. The van der Waals surface area contributed by atoms with E-state index in [2.05, 4.69) is 10.2 Å². The molecule has 1 aromatic carbocycles. The van der Waals surface area contributed by atoms with Crippen LogP contribution in [0.15, 0.2) is 18.2 Å². The molecule has 1 fully saturated rings. The Morgan fingerprint density at radius 1 is 1.12 bits per heavy atom. The van der Waals surface area contributed by atoms with Crippen LogP contribution in [0.5, 0.6) is 11.5 Å². The van der Waals surface area contributed by atoms with Gasteiger partial charge in [-0.05, 0) is 18.1 Å². The molecule has 0 unspecified atom stereocenters. The minimum atomic E-state index is -0.101. The minimum absolute atomic E-state index is 0.101. The Kier molecular flexibility index (Phi) is 7.26. The number of rotatable bonds is 7. The van der Waals surface area contributed by atoms with Gasteiger partial charge in [0.25, 0.3) is 0 Å². The third-order valence-electron chi connectivity index (χ3n) is 4.36. The van der Waals surface area contributed by atoms with Gasteiger partial charge in [-0.25, -0.2) is 0 Å². The number of benzene rings is 1. The van der Waals surface area contributed by atoms with Gasteiger partial charge in [-0.1, -0.05) is 13.8 Å². The Hall–Kier alpha value is -2.28. The van der Waals surface area contributed by atoms with Crippen LogP contribution in [-0.2, 0) is 9.59 Å². The van der Waals surface area contributed by atoms with Gasteiger partial charge >= 0.3 is 0 Å². The number of nitrogens with one attached hydrogen (secondary N) is 1. The van der Waals surface area contributed by atoms with Crippen LogP contribution >= 0.6 is 0 Å². The highest BCUT2D eigenvalue weighted by molar-refractivity contribution is 5.93. The smallest absolute Gasteiger partial charge is 0.238 e. The predicted octanol–water partition coefficient (Wildman–Crippen LogP) is 1.83. The molecule has 0 atom stereocenters. The minimum Gasteiger partial charge on any atom is -0.497 e. The molecule has 0 aliphatic carbocycles. The zero-order valence-corrected chi connectivity index (χ0v) is 16.1. The first-order valence-corrected chi connectivity index (χ1v) is 8.95. The molecule has 1 N–H and O–H groups in total. The maximum absolute atomic E-state index is 12.3. The van der Waals surface area contributed by atoms with Crippen molar-refractivity contribution in [2.45, 2.75) is 20.3 Å². The van der Waals surface area contributed by atoms with E-state index >= 15 is 0 Å². The van der Waals surface area contributed by atoms with Crippen LogP contribution in [0.3, 0.4) is 0 Å². The van der Waals surface area contributed by atoms with Crippen molar-refractivity contribution in [1.29, 1.82) is 0 Å². The maximum Gasteiger partial charge on any atom is 0.238 e. The average Bonchev–Trinajstić information content (AvgIpc) is 2.62. The Morgan fingerprint density at radius 2 is 1.81 bits per heavy atom. The summed E-state index contributed by atoms with van der Waals surface area (Å²) in [5, 5.41) is 2.88. The summed E-state index contributed by atoms with van der Waals surface area (Å²) in [7, 11) is 3.14. The quantitative estimate of drug-likeness (QED) is 0.800. The van der Waals surface area contributed by atoms with Gasteiger partial charge in [0.1, 0.15) is 11.5 Å². The standard InChI is InChI=1S/C19H29N3O4/c1-14(2)11-19(24)22-9-7-21(8-10-22)13-18(23)20-16-6-5-15(25-3)12-17(16)26-4/h5-6,12,14H,7-11,13H2,1-4H3,(H,20,23). The van der Waals surface area contributed by atoms with E-state index < -0.39 is 0 Å². The summed E-state index contributed by atoms with van der Waals surface area (Å²) < 4.78 is 10.5. The van der Waals surface area contributed by atoms with Crippen molar-refractivity contribution in [3.05, 3.63) is 18.2 Å². The van der Waals surface area contributed by atoms with Gasteiger partial charge in [0.05, 0.1) is 26.5 Å². The summed E-state index contributed by atoms with van der Waals surface area (Å²) in [4.78, 5) is 28.4. The fourth-order valence-electron chi connectivity index (χ4n) is 2.93. The van der Waals surface area contributed by atoms with Crippen molar-refractivity contribution in [1.82, 2.24) is 9.80 Å². The van der Waals surface area contributed by atoms with Gasteiger partial charge in [0, 0.05) is 38.7 Å². The molecule has 2 rings (SSSR count). The number of hydrogen-bond acceptors (Lipinski definition) is 5.